The summed E-state index contributed by atoms with van der Waals surface area (Å²) in [6.07, 6.45) is 1.53. The Hall–Kier alpha value is -2.74. The molecule has 4 aliphatic rings. The van der Waals surface area contributed by atoms with Crippen LogP contribution in [0, 0.1) is 28.8 Å². The van der Waals surface area contributed by atoms with Crippen LogP contribution < -0.4 is 10.1 Å². The molecular formula is C25H27F3N2O3. The zero-order valence-corrected chi connectivity index (χ0v) is 18.7. The summed E-state index contributed by atoms with van der Waals surface area (Å²) >= 11 is 0. The molecule has 0 radical (unpaired) electrons. The standard InChI is InChI=1S/C25H27F3N2O3/c1-25(2)13-32-21-9-15(17-10-19(27)20(28)11-18(17)26)3-4-16(21)23(25)29-24(31)33-22-12-30-7-5-14(22)6-8-30/h3-4,9-11,14,22-23H,5-8,12-13H2,1-2H3,(H,29,31)/t22-,23?/m0/s1. The van der Waals surface area contributed by atoms with Crippen molar-refractivity contribution in [2.24, 2.45) is 11.3 Å². The van der Waals surface area contributed by atoms with Crippen molar-refractivity contribution in [2.45, 2.75) is 38.8 Å². The van der Waals surface area contributed by atoms with Gasteiger partial charge >= 0.3 is 6.09 Å². The van der Waals surface area contributed by atoms with Gasteiger partial charge in [-0.2, -0.15) is 0 Å². The van der Waals surface area contributed by atoms with Gasteiger partial charge in [0, 0.05) is 29.2 Å². The SMILES string of the molecule is CC1(C)COc2cc(-c3cc(F)c(F)cc3F)ccc2C1NC(=O)O[C@H]1CN2CCC1CC2. The quantitative estimate of drug-likeness (QED) is 0.652. The second-order valence-electron chi connectivity index (χ2n) is 9.94. The summed E-state index contributed by atoms with van der Waals surface area (Å²) in [4.78, 5) is 15.2. The average Bonchev–Trinajstić information content (AvgIpc) is 2.79. The van der Waals surface area contributed by atoms with Crippen molar-refractivity contribution in [3.63, 3.8) is 0 Å². The predicted molar refractivity (Wildman–Crippen MR) is 116 cm³/mol. The molecule has 5 nitrogen and oxygen atoms in total. The number of piperidine rings is 3. The van der Waals surface area contributed by atoms with Gasteiger partial charge in [-0.3, -0.25) is 4.90 Å². The van der Waals surface area contributed by atoms with Crippen LogP contribution in [0.15, 0.2) is 30.3 Å². The van der Waals surface area contributed by atoms with E-state index in [9.17, 15) is 18.0 Å². The van der Waals surface area contributed by atoms with Gasteiger partial charge in [0.1, 0.15) is 17.7 Å². The lowest BCUT2D eigenvalue weighted by Crippen LogP contribution is -2.53. The van der Waals surface area contributed by atoms with Gasteiger partial charge in [0.05, 0.1) is 12.6 Å². The fourth-order valence-electron chi connectivity index (χ4n) is 5.18. The number of amides is 1. The van der Waals surface area contributed by atoms with E-state index < -0.39 is 35.0 Å². The lowest BCUT2D eigenvalue weighted by Gasteiger charge is -2.44. The summed E-state index contributed by atoms with van der Waals surface area (Å²) in [5.74, 6) is -2.35. The molecule has 2 bridgehead atoms. The van der Waals surface area contributed by atoms with Crippen LogP contribution in [0.4, 0.5) is 18.0 Å². The Morgan fingerprint density at radius 1 is 1.09 bits per heavy atom. The third-order valence-corrected chi connectivity index (χ3v) is 7.14. The Kier molecular flexibility index (Phi) is 5.51. The number of nitrogens with one attached hydrogen (secondary N) is 1. The van der Waals surface area contributed by atoms with E-state index in [1.54, 1.807) is 18.2 Å². The van der Waals surface area contributed by atoms with Crippen LogP contribution in [-0.2, 0) is 4.74 Å². The summed E-state index contributed by atoms with van der Waals surface area (Å²) in [5, 5.41) is 3.02. The number of ether oxygens (including phenoxy) is 2. The molecule has 2 aromatic carbocycles. The van der Waals surface area contributed by atoms with E-state index in [4.69, 9.17) is 9.47 Å². The van der Waals surface area contributed by atoms with E-state index in [0.29, 0.717) is 29.9 Å². The minimum atomic E-state index is -1.24. The molecule has 8 heteroatoms. The third kappa shape index (κ3) is 4.16. The van der Waals surface area contributed by atoms with Crippen LogP contribution in [-0.4, -0.2) is 43.3 Å². The molecule has 4 heterocycles. The number of rotatable bonds is 3. The number of benzene rings is 2. The lowest BCUT2D eigenvalue weighted by atomic mass is 9.78. The molecule has 1 N–H and O–H groups in total. The first-order chi connectivity index (χ1) is 15.7. The number of hydrogen-bond donors (Lipinski definition) is 1. The molecule has 0 aromatic heterocycles. The Bertz CT molecular complexity index is 1080. The van der Waals surface area contributed by atoms with E-state index in [2.05, 4.69) is 10.2 Å². The summed E-state index contributed by atoms with van der Waals surface area (Å²) in [5.41, 5.74) is 0.606. The average molecular weight is 460 g/mol. The molecule has 3 saturated heterocycles. The van der Waals surface area contributed by atoms with Crippen LogP contribution in [0.2, 0.25) is 0 Å². The van der Waals surface area contributed by atoms with Crippen molar-refractivity contribution in [3.8, 4) is 16.9 Å². The second kappa shape index (κ2) is 8.24. The molecule has 3 fully saturated rings. The molecule has 6 rings (SSSR count). The van der Waals surface area contributed by atoms with E-state index in [1.165, 1.54) is 0 Å². The summed E-state index contributed by atoms with van der Waals surface area (Å²) < 4.78 is 53.0. The maximum Gasteiger partial charge on any atom is 0.407 e. The van der Waals surface area contributed by atoms with Crippen molar-refractivity contribution < 1.29 is 27.4 Å². The normalized spacial score (nSPS) is 27.4. The van der Waals surface area contributed by atoms with Crippen LogP contribution >= 0.6 is 0 Å². The minimum Gasteiger partial charge on any atom is -0.493 e. The highest BCUT2D eigenvalue weighted by Crippen LogP contribution is 2.44. The highest BCUT2D eigenvalue weighted by molar-refractivity contribution is 5.70. The molecule has 0 aliphatic carbocycles. The first-order valence-corrected chi connectivity index (χ1v) is 11.3. The van der Waals surface area contributed by atoms with E-state index in [1.807, 2.05) is 13.8 Å². The number of nitrogens with zero attached hydrogens (tertiary/aromatic N) is 1. The fourth-order valence-corrected chi connectivity index (χ4v) is 5.18. The van der Waals surface area contributed by atoms with Gasteiger partial charge in [0.25, 0.3) is 0 Å². The van der Waals surface area contributed by atoms with Gasteiger partial charge in [-0.05, 0) is 49.5 Å². The van der Waals surface area contributed by atoms with Gasteiger partial charge in [-0.25, -0.2) is 18.0 Å². The summed E-state index contributed by atoms with van der Waals surface area (Å²) in [6.45, 7) is 7.18. The van der Waals surface area contributed by atoms with Gasteiger partial charge in [0.2, 0.25) is 0 Å². The number of carbonyl (C=O) groups excluding carboxylic acids is 1. The number of halogens is 3. The summed E-state index contributed by atoms with van der Waals surface area (Å²) in [6, 6.07) is 5.91. The smallest absolute Gasteiger partial charge is 0.407 e. The van der Waals surface area contributed by atoms with Crippen molar-refractivity contribution in [1.29, 1.82) is 0 Å². The van der Waals surface area contributed by atoms with Crippen LogP contribution in [0.5, 0.6) is 5.75 Å². The third-order valence-electron chi connectivity index (χ3n) is 7.14. The Balaban J connectivity index is 1.38. The number of fused-ring (bicyclic) bond motifs is 4. The maximum atomic E-state index is 14.3. The van der Waals surface area contributed by atoms with E-state index in [-0.39, 0.29) is 11.7 Å². The van der Waals surface area contributed by atoms with Crippen molar-refractivity contribution in [2.75, 3.05) is 26.2 Å². The van der Waals surface area contributed by atoms with E-state index in [0.717, 1.165) is 44.1 Å². The van der Waals surface area contributed by atoms with E-state index >= 15 is 0 Å². The van der Waals surface area contributed by atoms with Gasteiger partial charge in [0.15, 0.2) is 11.6 Å². The Morgan fingerprint density at radius 3 is 2.52 bits per heavy atom. The zero-order chi connectivity index (χ0) is 23.3. The minimum absolute atomic E-state index is 0.0589. The fraction of sp³-hybridized carbons (Fsp3) is 0.480. The largest absolute Gasteiger partial charge is 0.493 e. The van der Waals surface area contributed by atoms with Crippen LogP contribution in [0.25, 0.3) is 11.1 Å². The van der Waals surface area contributed by atoms with Crippen molar-refractivity contribution in [1.82, 2.24) is 10.2 Å². The second-order valence-corrected chi connectivity index (χ2v) is 9.94. The van der Waals surface area contributed by atoms with Gasteiger partial charge in [-0.1, -0.05) is 26.0 Å². The molecule has 176 valence electrons. The number of hydrogen-bond acceptors (Lipinski definition) is 4. The highest BCUT2D eigenvalue weighted by atomic mass is 19.2. The van der Waals surface area contributed by atoms with Crippen molar-refractivity contribution >= 4 is 6.09 Å². The van der Waals surface area contributed by atoms with Gasteiger partial charge < -0.3 is 14.8 Å². The molecule has 2 aromatic rings. The zero-order valence-electron chi connectivity index (χ0n) is 18.7. The number of alkyl carbamates (subject to hydrolysis) is 1. The number of carbonyl (C=O) groups is 1. The molecule has 0 saturated carbocycles. The van der Waals surface area contributed by atoms with Crippen LogP contribution in [0.1, 0.15) is 38.3 Å². The van der Waals surface area contributed by atoms with Crippen LogP contribution in [0.3, 0.4) is 0 Å². The summed E-state index contributed by atoms with van der Waals surface area (Å²) in [7, 11) is 0. The highest BCUT2D eigenvalue weighted by Gasteiger charge is 2.41. The first kappa shape index (κ1) is 22.1. The Morgan fingerprint density at radius 2 is 1.82 bits per heavy atom. The topological polar surface area (TPSA) is 50.8 Å². The molecular weight excluding hydrogens is 433 g/mol. The first-order valence-electron chi connectivity index (χ1n) is 11.3. The van der Waals surface area contributed by atoms with Crippen molar-refractivity contribution in [3.05, 3.63) is 53.3 Å². The molecule has 0 spiro atoms. The molecule has 1 amide bonds. The Labute approximate surface area is 190 Å². The monoisotopic (exact) mass is 460 g/mol. The lowest BCUT2D eigenvalue weighted by molar-refractivity contribution is -0.0361. The predicted octanol–water partition coefficient (Wildman–Crippen LogP) is 5.05. The maximum absolute atomic E-state index is 14.3. The molecule has 1 unspecified atom stereocenters. The molecule has 4 aliphatic heterocycles. The van der Waals surface area contributed by atoms with Gasteiger partial charge in [-0.15, -0.1) is 0 Å². The molecule has 2 atom stereocenters. The molecule has 33 heavy (non-hydrogen) atoms.